The van der Waals surface area contributed by atoms with E-state index in [2.05, 4.69) is 64.7 Å². The molecule has 1 saturated heterocycles. The summed E-state index contributed by atoms with van der Waals surface area (Å²) in [5.74, 6) is 0.431. The quantitative estimate of drug-likeness (QED) is 0.292. The molecule has 38 heavy (non-hydrogen) atoms. The molecule has 4 aliphatic rings. The predicted molar refractivity (Wildman–Crippen MR) is 151 cm³/mol. The van der Waals surface area contributed by atoms with Gasteiger partial charge >= 0.3 is 0 Å². The molecule has 0 spiro atoms. The summed E-state index contributed by atoms with van der Waals surface area (Å²) in [6.07, 6.45) is 5.83. The first-order valence-corrected chi connectivity index (χ1v) is 14.7. The maximum atomic E-state index is 12.5. The van der Waals surface area contributed by atoms with E-state index < -0.39 is 23.2 Å². The van der Waals surface area contributed by atoms with Gasteiger partial charge in [0.05, 0.1) is 17.3 Å². The molecule has 6 rings (SSSR count). The molecule has 3 fully saturated rings. The average Bonchev–Trinajstić information content (AvgIpc) is 3.18. The Morgan fingerprint density at radius 3 is 2.42 bits per heavy atom. The smallest absolute Gasteiger partial charge is 0.117 e. The number of hydrogen-bond donors (Lipinski definition) is 4. The molecule has 1 unspecified atom stereocenters. The van der Waals surface area contributed by atoms with Gasteiger partial charge in [-0.15, -0.1) is 0 Å². The van der Waals surface area contributed by atoms with Crippen LogP contribution >= 0.6 is 0 Å². The van der Waals surface area contributed by atoms with Crippen LogP contribution in [0, 0.1) is 16.7 Å². The molecule has 5 heteroatoms. The van der Waals surface area contributed by atoms with E-state index in [0.29, 0.717) is 12.3 Å². The Bertz CT molecular complexity index is 1330. The van der Waals surface area contributed by atoms with Gasteiger partial charge in [-0.25, -0.2) is 0 Å². The molecule has 0 bridgehead atoms. The highest BCUT2D eigenvalue weighted by atomic mass is 16.6. The highest BCUT2D eigenvalue weighted by molar-refractivity contribution is 5.91. The van der Waals surface area contributed by atoms with Crippen LogP contribution in [0.15, 0.2) is 23.8 Å². The van der Waals surface area contributed by atoms with E-state index in [0.717, 1.165) is 43.2 Å². The van der Waals surface area contributed by atoms with E-state index in [1.807, 2.05) is 13.8 Å². The highest BCUT2D eigenvalue weighted by Gasteiger charge is 2.72. The van der Waals surface area contributed by atoms with Crippen LogP contribution in [0.25, 0.3) is 10.9 Å². The van der Waals surface area contributed by atoms with E-state index in [-0.39, 0.29) is 22.5 Å². The van der Waals surface area contributed by atoms with Gasteiger partial charge < -0.3 is 25.0 Å². The van der Waals surface area contributed by atoms with Gasteiger partial charge in [-0.05, 0) is 94.9 Å². The van der Waals surface area contributed by atoms with Gasteiger partial charge in [-0.2, -0.15) is 0 Å². The van der Waals surface area contributed by atoms with E-state index in [1.165, 1.54) is 27.8 Å². The van der Waals surface area contributed by atoms with Crippen LogP contribution < -0.4 is 0 Å². The number of benzene rings is 1. The van der Waals surface area contributed by atoms with Crippen LogP contribution in [0.4, 0.5) is 0 Å². The maximum absolute atomic E-state index is 12.5. The Hall–Kier alpha value is -1.66. The van der Waals surface area contributed by atoms with Crippen molar-refractivity contribution in [1.29, 1.82) is 0 Å². The molecular weight excluding hydrogens is 474 g/mol. The van der Waals surface area contributed by atoms with E-state index in [4.69, 9.17) is 4.74 Å². The largest absolute Gasteiger partial charge is 0.392 e. The van der Waals surface area contributed by atoms with E-state index in [1.54, 1.807) is 0 Å². The number of aromatic amines is 1. The molecular formula is C33H47NO4. The van der Waals surface area contributed by atoms with Crippen LogP contribution in [0.2, 0.25) is 0 Å². The van der Waals surface area contributed by atoms with Gasteiger partial charge in [-0.3, -0.25) is 0 Å². The van der Waals surface area contributed by atoms with Crippen LogP contribution in [-0.4, -0.2) is 43.7 Å². The van der Waals surface area contributed by atoms with Gasteiger partial charge in [0.25, 0.3) is 0 Å². The lowest BCUT2D eigenvalue weighted by atomic mass is 9.39. The van der Waals surface area contributed by atoms with Crippen molar-refractivity contribution < 1.29 is 20.1 Å². The van der Waals surface area contributed by atoms with Gasteiger partial charge in [0.15, 0.2) is 0 Å². The third-order valence-corrected chi connectivity index (χ3v) is 12.1. The monoisotopic (exact) mass is 521 g/mol. The van der Waals surface area contributed by atoms with Crippen molar-refractivity contribution in [3.8, 4) is 0 Å². The molecule has 2 saturated carbocycles. The lowest BCUT2D eigenvalue weighted by Crippen LogP contribution is -2.72. The topological polar surface area (TPSA) is 89.0 Å². The molecule has 208 valence electrons. The van der Waals surface area contributed by atoms with Crippen molar-refractivity contribution in [3.05, 3.63) is 46.2 Å². The summed E-state index contributed by atoms with van der Waals surface area (Å²) in [6, 6.07) is 4.22. The molecule has 2 heterocycles. The molecule has 1 aromatic heterocycles. The molecule has 3 aliphatic carbocycles. The fourth-order valence-corrected chi connectivity index (χ4v) is 9.22. The Balaban J connectivity index is 1.55. The standard InChI is InChI=1S/C33H47NO4/c1-18(2)9-10-20-21(26(36)28-30(5,6)38-28)11-12-23-25(20)22-17-19-13-16-33(37)29(3,4)24(35)14-15-31(33,7)32(19,8)27(22)34-23/h9,11-12,19,24,26,28,34-37H,10,13-17H2,1-8H3/t19-,24+,26-,28?,31+,32+,33+/m0/s1. The zero-order valence-electron chi connectivity index (χ0n) is 24.5. The second-order valence-electron chi connectivity index (χ2n) is 14.7. The Kier molecular flexibility index (Phi) is 5.57. The normalized spacial score (nSPS) is 39.3. The number of nitrogens with one attached hydrogen (secondary N) is 1. The van der Waals surface area contributed by atoms with Gasteiger partial charge in [0.1, 0.15) is 12.2 Å². The van der Waals surface area contributed by atoms with Gasteiger partial charge in [0, 0.05) is 32.8 Å². The van der Waals surface area contributed by atoms with Crippen LogP contribution in [0.5, 0.6) is 0 Å². The first kappa shape index (κ1) is 26.6. The fourth-order valence-electron chi connectivity index (χ4n) is 9.22. The van der Waals surface area contributed by atoms with Crippen LogP contribution in [-0.2, 0) is 23.0 Å². The van der Waals surface area contributed by atoms with Crippen molar-refractivity contribution in [2.75, 3.05) is 0 Å². The Morgan fingerprint density at radius 1 is 1.11 bits per heavy atom. The molecule has 5 nitrogen and oxygen atoms in total. The summed E-state index contributed by atoms with van der Waals surface area (Å²) in [6.45, 7) is 17.1. The SMILES string of the molecule is CC(C)=CCc1c([C@H](O)C2OC2(C)C)ccc2[nH]c3c(c12)C[C@@H]1CC[C@@]2(O)C(C)(C)[C@H](O)CC[C@]2(C)[C@@]31C. The second-order valence-corrected chi connectivity index (χ2v) is 14.7. The van der Waals surface area contributed by atoms with E-state index >= 15 is 0 Å². The van der Waals surface area contributed by atoms with Crippen LogP contribution in [0.1, 0.15) is 110 Å². The lowest BCUT2D eigenvalue weighted by molar-refractivity contribution is -0.269. The minimum atomic E-state index is -0.955. The first-order chi connectivity index (χ1) is 17.6. The molecule has 0 amide bonds. The summed E-state index contributed by atoms with van der Waals surface area (Å²) < 4.78 is 5.87. The molecule has 4 N–H and O–H groups in total. The minimum Gasteiger partial charge on any atom is -0.392 e. The number of fused-ring (bicyclic) bond motifs is 7. The van der Waals surface area contributed by atoms with E-state index in [9.17, 15) is 15.3 Å². The number of aliphatic hydroxyl groups is 3. The molecule has 1 aromatic carbocycles. The number of epoxide rings is 1. The van der Waals surface area contributed by atoms with Crippen molar-refractivity contribution in [1.82, 2.24) is 4.98 Å². The third kappa shape index (κ3) is 3.14. The summed E-state index contributed by atoms with van der Waals surface area (Å²) in [5.41, 5.74) is 4.73. The first-order valence-electron chi connectivity index (χ1n) is 14.7. The summed E-state index contributed by atoms with van der Waals surface area (Å²) in [5, 5.41) is 36.2. The van der Waals surface area contributed by atoms with Crippen molar-refractivity contribution in [3.63, 3.8) is 0 Å². The van der Waals surface area contributed by atoms with Crippen molar-refractivity contribution in [2.45, 2.75) is 129 Å². The maximum Gasteiger partial charge on any atom is 0.117 e. The summed E-state index contributed by atoms with van der Waals surface area (Å²) in [7, 11) is 0. The number of ether oxygens (including phenoxy) is 1. The Labute approximate surface area is 227 Å². The molecule has 0 radical (unpaired) electrons. The zero-order chi connectivity index (χ0) is 27.6. The predicted octanol–water partition coefficient (Wildman–Crippen LogP) is 6.03. The number of hydrogen-bond acceptors (Lipinski definition) is 4. The highest BCUT2D eigenvalue weighted by Crippen LogP contribution is 2.71. The number of aromatic nitrogens is 1. The minimum absolute atomic E-state index is 0.192. The summed E-state index contributed by atoms with van der Waals surface area (Å²) >= 11 is 0. The van der Waals surface area contributed by atoms with Crippen molar-refractivity contribution >= 4 is 10.9 Å². The van der Waals surface area contributed by atoms with Gasteiger partial charge in [-0.1, -0.05) is 45.4 Å². The lowest BCUT2D eigenvalue weighted by Gasteiger charge is -2.68. The van der Waals surface area contributed by atoms with Gasteiger partial charge in [0.2, 0.25) is 0 Å². The molecule has 1 aliphatic heterocycles. The number of allylic oxidation sites excluding steroid dienone is 2. The van der Waals surface area contributed by atoms with Crippen molar-refractivity contribution in [2.24, 2.45) is 16.7 Å². The fraction of sp³-hybridized carbons (Fsp3) is 0.697. The molecule has 2 aromatic rings. The Morgan fingerprint density at radius 2 is 1.79 bits per heavy atom. The third-order valence-electron chi connectivity index (χ3n) is 12.1. The number of aliphatic hydroxyl groups excluding tert-OH is 2. The number of H-pyrrole nitrogens is 1. The second kappa shape index (κ2) is 7.96. The number of rotatable bonds is 4. The zero-order valence-corrected chi connectivity index (χ0v) is 24.5. The molecule has 7 atom stereocenters. The average molecular weight is 522 g/mol. The van der Waals surface area contributed by atoms with Crippen LogP contribution in [0.3, 0.4) is 0 Å². The summed E-state index contributed by atoms with van der Waals surface area (Å²) in [4.78, 5) is 3.88.